The zero-order chi connectivity index (χ0) is 12.8. The molecule has 4 nitrogen and oxygen atoms in total. The van der Waals surface area contributed by atoms with E-state index < -0.39 is 0 Å². The summed E-state index contributed by atoms with van der Waals surface area (Å²) in [6.07, 6.45) is 3.96. The summed E-state index contributed by atoms with van der Waals surface area (Å²) in [5, 5.41) is 3.41. The molecule has 2 heterocycles. The first-order valence-electron chi connectivity index (χ1n) is 6.62. The van der Waals surface area contributed by atoms with E-state index in [0.717, 1.165) is 43.3 Å². The van der Waals surface area contributed by atoms with Crippen LogP contribution in [0, 0.1) is 6.92 Å². The molecule has 0 amide bonds. The number of rotatable bonds is 6. The third-order valence-corrected chi connectivity index (χ3v) is 3.19. The number of aryl methyl sites for hydroxylation is 1. The van der Waals surface area contributed by atoms with Gasteiger partial charge in [0.15, 0.2) is 0 Å². The van der Waals surface area contributed by atoms with E-state index in [2.05, 4.69) is 10.3 Å². The molecule has 0 radical (unpaired) electrons. The average Bonchev–Trinajstić information content (AvgIpc) is 2.87. The molecule has 0 spiro atoms. The van der Waals surface area contributed by atoms with Gasteiger partial charge in [-0.05, 0) is 32.7 Å². The van der Waals surface area contributed by atoms with Crippen LogP contribution < -0.4 is 10.1 Å². The van der Waals surface area contributed by atoms with Crippen LogP contribution in [0.4, 0.5) is 0 Å². The van der Waals surface area contributed by atoms with Gasteiger partial charge in [-0.15, -0.1) is 0 Å². The smallest absolute Gasteiger partial charge is 0.122 e. The van der Waals surface area contributed by atoms with Gasteiger partial charge in [0.25, 0.3) is 0 Å². The highest BCUT2D eigenvalue weighted by atomic mass is 16.5. The summed E-state index contributed by atoms with van der Waals surface area (Å²) in [6, 6.07) is 3.92. The van der Waals surface area contributed by atoms with Gasteiger partial charge in [-0.25, -0.2) is 0 Å². The molecular formula is C14H22N2O2. The fourth-order valence-electron chi connectivity index (χ4n) is 2.26. The second-order valence-corrected chi connectivity index (χ2v) is 4.74. The summed E-state index contributed by atoms with van der Waals surface area (Å²) in [5.74, 6) is 0.874. The Morgan fingerprint density at radius 2 is 2.39 bits per heavy atom. The summed E-state index contributed by atoms with van der Waals surface area (Å²) >= 11 is 0. The van der Waals surface area contributed by atoms with E-state index in [1.165, 1.54) is 12.8 Å². The van der Waals surface area contributed by atoms with Gasteiger partial charge in [0, 0.05) is 31.0 Å². The molecule has 0 bridgehead atoms. The lowest BCUT2D eigenvalue weighted by molar-refractivity contribution is 0.104. The summed E-state index contributed by atoms with van der Waals surface area (Å²) in [7, 11) is 1.68. The monoisotopic (exact) mass is 250 g/mol. The van der Waals surface area contributed by atoms with E-state index in [9.17, 15) is 0 Å². The maximum absolute atomic E-state index is 5.59. The number of pyridine rings is 1. The van der Waals surface area contributed by atoms with E-state index in [1.807, 2.05) is 19.1 Å². The molecule has 2 rings (SSSR count). The van der Waals surface area contributed by atoms with Gasteiger partial charge < -0.3 is 14.8 Å². The van der Waals surface area contributed by atoms with Crippen LogP contribution in [-0.4, -0.2) is 31.3 Å². The Morgan fingerprint density at radius 3 is 3.11 bits per heavy atom. The first-order valence-corrected chi connectivity index (χ1v) is 6.62. The fourth-order valence-corrected chi connectivity index (χ4v) is 2.26. The molecule has 1 aromatic rings. The second kappa shape index (κ2) is 6.71. The largest absolute Gasteiger partial charge is 0.497 e. The quantitative estimate of drug-likeness (QED) is 0.785. The first-order chi connectivity index (χ1) is 8.78. The van der Waals surface area contributed by atoms with Crippen molar-refractivity contribution >= 4 is 0 Å². The third-order valence-electron chi connectivity index (χ3n) is 3.19. The highest BCUT2D eigenvalue weighted by Gasteiger charge is 2.14. The van der Waals surface area contributed by atoms with Gasteiger partial charge >= 0.3 is 0 Å². The molecule has 1 aliphatic rings. The zero-order valence-corrected chi connectivity index (χ0v) is 11.2. The Bertz CT molecular complexity index is 376. The van der Waals surface area contributed by atoms with Crippen molar-refractivity contribution in [3.8, 4) is 5.75 Å². The lowest BCUT2D eigenvalue weighted by Crippen LogP contribution is -2.20. The standard InChI is InChI=1S/C14H22N2O2/c1-11-8-14(17-2)9-12(16-11)10-15-6-5-13-4-3-7-18-13/h8-9,13,15H,3-7,10H2,1-2H3. The van der Waals surface area contributed by atoms with Crippen molar-refractivity contribution in [2.24, 2.45) is 0 Å². The van der Waals surface area contributed by atoms with Crippen LogP contribution in [0.3, 0.4) is 0 Å². The average molecular weight is 250 g/mol. The van der Waals surface area contributed by atoms with Crippen LogP contribution in [0.25, 0.3) is 0 Å². The minimum atomic E-state index is 0.456. The zero-order valence-electron chi connectivity index (χ0n) is 11.2. The molecule has 1 aromatic heterocycles. The van der Waals surface area contributed by atoms with Gasteiger partial charge in [-0.2, -0.15) is 0 Å². The SMILES string of the molecule is COc1cc(C)nc(CNCCC2CCCO2)c1. The maximum Gasteiger partial charge on any atom is 0.122 e. The molecule has 1 fully saturated rings. The molecule has 1 saturated heterocycles. The van der Waals surface area contributed by atoms with Gasteiger partial charge in [-0.3, -0.25) is 4.98 Å². The molecule has 4 heteroatoms. The maximum atomic E-state index is 5.59. The normalized spacial score (nSPS) is 19.1. The molecular weight excluding hydrogens is 228 g/mol. The molecule has 0 aromatic carbocycles. The lowest BCUT2D eigenvalue weighted by atomic mass is 10.2. The van der Waals surface area contributed by atoms with E-state index in [4.69, 9.17) is 9.47 Å². The van der Waals surface area contributed by atoms with Crippen molar-refractivity contribution in [2.75, 3.05) is 20.3 Å². The van der Waals surface area contributed by atoms with Crippen LogP contribution in [0.2, 0.25) is 0 Å². The summed E-state index contributed by atoms with van der Waals surface area (Å²) in [5.41, 5.74) is 2.02. The number of hydrogen-bond donors (Lipinski definition) is 1. The topological polar surface area (TPSA) is 43.4 Å². The van der Waals surface area contributed by atoms with Crippen LogP contribution in [0.15, 0.2) is 12.1 Å². The Kier molecular flexibility index (Phi) is 4.96. The molecule has 1 unspecified atom stereocenters. The molecule has 1 N–H and O–H groups in total. The van der Waals surface area contributed by atoms with E-state index in [-0.39, 0.29) is 0 Å². The Labute approximate surface area is 109 Å². The molecule has 1 aliphatic heterocycles. The van der Waals surface area contributed by atoms with E-state index in [1.54, 1.807) is 7.11 Å². The summed E-state index contributed by atoms with van der Waals surface area (Å²) < 4.78 is 10.8. The number of methoxy groups -OCH3 is 1. The Morgan fingerprint density at radius 1 is 1.50 bits per heavy atom. The predicted octanol–water partition coefficient (Wildman–Crippen LogP) is 2.06. The molecule has 18 heavy (non-hydrogen) atoms. The van der Waals surface area contributed by atoms with Crippen molar-refractivity contribution in [3.05, 3.63) is 23.5 Å². The van der Waals surface area contributed by atoms with E-state index >= 15 is 0 Å². The minimum absolute atomic E-state index is 0.456. The third kappa shape index (κ3) is 3.96. The van der Waals surface area contributed by atoms with Crippen molar-refractivity contribution in [1.29, 1.82) is 0 Å². The summed E-state index contributed by atoms with van der Waals surface area (Å²) in [6.45, 7) is 4.67. The molecule has 1 atom stereocenters. The van der Waals surface area contributed by atoms with Crippen molar-refractivity contribution in [2.45, 2.75) is 38.8 Å². The van der Waals surface area contributed by atoms with Crippen molar-refractivity contribution in [3.63, 3.8) is 0 Å². The molecule has 0 saturated carbocycles. The lowest BCUT2D eigenvalue weighted by Gasteiger charge is -2.10. The van der Waals surface area contributed by atoms with Crippen molar-refractivity contribution in [1.82, 2.24) is 10.3 Å². The highest BCUT2D eigenvalue weighted by molar-refractivity contribution is 5.26. The number of ether oxygens (including phenoxy) is 2. The number of nitrogens with zero attached hydrogens (tertiary/aromatic N) is 1. The van der Waals surface area contributed by atoms with Gasteiger partial charge in [0.05, 0.1) is 18.9 Å². The number of hydrogen-bond acceptors (Lipinski definition) is 4. The predicted molar refractivity (Wildman–Crippen MR) is 70.8 cm³/mol. The molecule has 0 aliphatic carbocycles. The number of aromatic nitrogens is 1. The summed E-state index contributed by atoms with van der Waals surface area (Å²) in [4.78, 5) is 4.48. The van der Waals surface area contributed by atoms with Crippen LogP contribution in [0.1, 0.15) is 30.7 Å². The Hall–Kier alpha value is -1.13. The van der Waals surface area contributed by atoms with Crippen molar-refractivity contribution < 1.29 is 9.47 Å². The van der Waals surface area contributed by atoms with Crippen LogP contribution >= 0.6 is 0 Å². The van der Waals surface area contributed by atoms with Gasteiger partial charge in [0.2, 0.25) is 0 Å². The second-order valence-electron chi connectivity index (χ2n) is 4.74. The minimum Gasteiger partial charge on any atom is -0.497 e. The first kappa shape index (κ1) is 13.3. The van der Waals surface area contributed by atoms with Gasteiger partial charge in [-0.1, -0.05) is 0 Å². The number of nitrogens with one attached hydrogen (secondary N) is 1. The van der Waals surface area contributed by atoms with E-state index in [0.29, 0.717) is 6.10 Å². The highest BCUT2D eigenvalue weighted by Crippen LogP contribution is 2.15. The Balaban J connectivity index is 1.73. The fraction of sp³-hybridized carbons (Fsp3) is 0.643. The molecule has 100 valence electrons. The van der Waals surface area contributed by atoms with Crippen LogP contribution in [0.5, 0.6) is 5.75 Å². The van der Waals surface area contributed by atoms with Crippen LogP contribution in [-0.2, 0) is 11.3 Å². The van der Waals surface area contributed by atoms with Gasteiger partial charge in [0.1, 0.15) is 5.75 Å².